The minimum Gasteiger partial charge on any atom is -0.344 e. The normalized spacial score (nSPS) is 12.2. The first-order valence-corrected chi connectivity index (χ1v) is 7.83. The van der Waals surface area contributed by atoms with Gasteiger partial charge in [0.2, 0.25) is 0 Å². The summed E-state index contributed by atoms with van der Waals surface area (Å²) in [6.07, 6.45) is 2.53. The highest BCUT2D eigenvalue weighted by molar-refractivity contribution is 9.10. The minimum atomic E-state index is -0.142. The van der Waals surface area contributed by atoms with Gasteiger partial charge in [-0.1, -0.05) is 44.2 Å². The van der Waals surface area contributed by atoms with Crippen LogP contribution in [-0.4, -0.2) is 10.9 Å². The van der Waals surface area contributed by atoms with Crippen LogP contribution in [0.15, 0.2) is 53.1 Å². The van der Waals surface area contributed by atoms with Gasteiger partial charge in [0, 0.05) is 10.7 Å². The molecule has 4 heteroatoms. The fourth-order valence-corrected chi connectivity index (χ4v) is 2.41. The zero-order valence-electron chi connectivity index (χ0n) is 12.2. The first-order valence-electron chi connectivity index (χ1n) is 7.03. The van der Waals surface area contributed by atoms with Crippen molar-refractivity contribution >= 4 is 21.8 Å². The third-order valence-electron chi connectivity index (χ3n) is 3.17. The lowest BCUT2D eigenvalue weighted by molar-refractivity contribution is 0.0927. The van der Waals surface area contributed by atoms with Gasteiger partial charge in [-0.15, -0.1) is 0 Å². The fourth-order valence-electron chi connectivity index (χ4n) is 2.18. The zero-order valence-corrected chi connectivity index (χ0v) is 13.8. The zero-order chi connectivity index (χ0) is 15.2. The Morgan fingerprint density at radius 3 is 2.48 bits per heavy atom. The fraction of sp³-hybridized carbons (Fsp3) is 0.294. The molecule has 1 aromatic heterocycles. The van der Waals surface area contributed by atoms with Crippen molar-refractivity contribution in [1.29, 1.82) is 0 Å². The molecule has 0 bridgehead atoms. The SMILES string of the molecule is CC(C)CC(NC(=O)c1ccc(Br)cn1)c1ccccc1. The van der Waals surface area contributed by atoms with Gasteiger partial charge in [0.25, 0.3) is 5.91 Å². The van der Waals surface area contributed by atoms with E-state index in [2.05, 4.69) is 40.1 Å². The molecule has 1 heterocycles. The number of carbonyl (C=O) groups excluding carboxylic acids is 1. The maximum Gasteiger partial charge on any atom is 0.270 e. The van der Waals surface area contributed by atoms with Gasteiger partial charge < -0.3 is 5.32 Å². The van der Waals surface area contributed by atoms with Gasteiger partial charge in [-0.3, -0.25) is 4.79 Å². The smallest absolute Gasteiger partial charge is 0.270 e. The van der Waals surface area contributed by atoms with Crippen molar-refractivity contribution < 1.29 is 4.79 Å². The topological polar surface area (TPSA) is 42.0 Å². The predicted octanol–water partition coefficient (Wildman–Crippen LogP) is 4.36. The maximum absolute atomic E-state index is 12.3. The Kier molecular flexibility index (Phi) is 5.51. The molecule has 0 aliphatic rings. The van der Waals surface area contributed by atoms with Crippen LogP contribution in [0.3, 0.4) is 0 Å². The number of rotatable bonds is 5. The molecule has 0 aliphatic carbocycles. The highest BCUT2D eigenvalue weighted by Crippen LogP contribution is 2.21. The number of nitrogens with one attached hydrogen (secondary N) is 1. The number of hydrogen-bond acceptors (Lipinski definition) is 2. The average molecular weight is 347 g/mol. The number of carbonyl (C=O) groups is 1. The molecule has 2 rings (SSSR count). The second-order valence-corrected chi connectivity index (χ2v) is 6.34. The molecule has 0 saturated heterocycles. The first kappa shape index (κ1) is 15.7. The second-order valence-electron chi connectivity index (χ2n) is 5.43. The summed E-state index contributed by atoms with van der Waals surface area (Å²) in [5.74, 6) is 0.352. The minimum absolute atomic E-state index is 0.00384. The van der Waals surface area contributed by atoms with Crippen molar-refractivity contribution in [3.8, 4) is 0 Å². The molecule has 110 valence electrons. The number of amides is 1. The van der Waals surface area contributed by atoms with Gasteiger partial charge in [-0.2, -0.15) is 0 Å². The van der Waals surface area contributed by atoms with E-state index < -0.39 is 0 Å². The second kappa shape index (κ2) is 7.36. The monoisotopic (exact) mass is 346 g/mol. The number of aromatic nitrogens is 1. The van der Waals surface area contributed by atoms with Crippen LogP contribution >= 0.6 is 15.9 Å². The number of benzene rings is 1. The lowest BCUT2D eigenvalue weighted by Gasteiger charge is -2.21. The number of pyridine rings is 1. The van der Waals surface area contributed by atoms with Crippen LogP contribution in [-0.2, 0) is 0 Å². The van der Waals surface area contributed by atoms with Crippen molar-refractivity contribution in [3.05, 3.63) is 64.4 Å². The van der Waals surface area contributed by atoms with Gasteiger partial charge in [-0.05, 0) is 46.0 Å². The standard InChI is InChI=1S/C17H19BrN2O/c1-12(2)10-16(13-6-4-3-5-7-13)20-17(21)15-9-8-14(18)11-19-15/h3-9,11-12,16H,10H2,1-2H3,(H,20,21). The summed E-state index contributed by atoms with van der Waals surface area (Å²) in [4.78, 5) is 16.5. The Bertz CT molecular complexity index is 581. The molecule has 0 saturated carbocycles. The van der Waals surface area contributed by atoms with Crippen LogP contribution < -0.4 is 5.32 Å². The molecular formula is C17H19BrN2O. The highest BCUT2D eigenvalue weighted by Gasteiger charge is 2.17. The van der Waals surface area contributed by atoms with E-state index in [1.807, 2.05) is 36.4 Å². The Morgan fingerprint density at radius 2 is 1.90 bits per heavy atom. The van der Waals surface area contributed by atoms with Crippen LogP contribution in [0.5, 0.6) is 0 Å². The number of halogens is 1. The number of hydrogen-bond donors (Lipinski definition) is 1. The Morgan fingerprint density at radius 1 is 1.19 bits per heavy atom. The molecule has 0 fully saturated rings. The molecule has 21 heavy (non-hydrogen) atoms. The van der Waals surface area contributed by atoms with Gasteiger partial charge in [0.1, 0.15) is 5.69 Å². The Labute approximate surface area is 133 Å². The molecule has 1 unspecified atom stereocenters. The maximum atomic E-state index is 12.3. The Balaban J connectivity index is 2.15. The van der Waals surface area contributed by atoms with E-state index in [0.717, 1.165) is 16.5 Å². The molecule has 3 nitrogen and oxygen atoms in total. The summed E-state index contributed by atoms with van der Waals surface area (Å²) in [5.41, 5.74) is 1.56. The van der Waals surface area contributed by atoms with Crippen LogP contribution in [0.2, 0.25) is 0 Å². The molecular weight excluding hydrogens is 328 g/mol. The largest absolute Gasteiger partial charge is 0.344 e. The molecule has 1 atom stereocenters. The molecule has 1 N–H and O–H groups in total. The van der Waals surface area contributed by atoms with Gasteiger partial charge in [0.05, 0.1) is 6.04 Å². The van der Waals surface area contributed by atoms with E-state index in [4.69, 9.17) is 0 Å². The first-order chi connectivity index (χ1) is 10.1. The van der Waals surface area contributed by atoms with E-state index in [1.165, 1.54) is 0 Å². The van der Waals surface area contributed by atoms with Crippen molar-refractivity contribution in [1.82, 2.24) is 10.3 Å². The van der Waals surface area contributed by atoms with Crippen molar-refractivity contribution in [3.63, 3.8) is 0 Å². The van der Waals surface area contributed by atoms with Crippen LogP contribution in [0.1, 0.15) is 42.4 Å². The van der Waals surface area contributed by atoms with E-state index in [9.17, 15) is 4.79 Å². The highest BCUT2D eigenvalue weighted by atomic mass is 79.9. The van der Waals surface area contributed by atoms with E-state index in [0.29, 0.717) is 11.6 Å². The quantitative estimate of drug-likeness (QED) is 0.873. The van der Waals surface area contributed by atoms with Crippen LogP contribution in [0, 0.1) is 5.92 Å². The number of nitrogens with zero attached hydrogens (tertiary/aromatic N) is 1. The lowest BCUT2D eigenvalue weighted by Crippen LogP contribution is -2.30. The Hall–Kier alpha value is -1.68. The molecule has 0 spiro atoms. The third-order valence-corrected chi connectivity index (χ3v) is 3.64. The molecule has 0 radical (unpaired) electrons. The summed E-state index contributed by atoms with van der Waals surface area (Å²) >= 11 is 3.32. The van der Waals surface area contributed by atoms with Gasteiger partial charge in [-0.25, -0.2) is 4.98 Å². The van der Waals surface area contributed by atoms with E-state index in [-0.39, 0.29) is 11.9 Å². The van der Waals surface area contributed by atoms with Gasteiger partial charge in [0.15, 0.2) is 0 Å². The average Bonchev–Trinajstić information content (AvgIpc) is 2.47. The summed E-state index contributed by atoms with van der Waals surface area (Å²) < 4.78 is 0.862. The van der Waals surface area contributed by atoms with Crippen LogP contribution in [0.4, 0.5) is 0 Å². The molecule has 2 aromatic rings. The molecule has 0 aliphatic heterocycles. The van der Waals surface area contributed by atoms with Crippen molar-refractivity contribution in [2.24, 2.45) is 5.92 Å². The molecule has 1 aromatic carbocycles. The molecule has 1 amide bonds. The summed E-state index contributed by atoms with van der Waals surface area (Å²) in [6, 6.07) is 13.6. The van der Waals surface area contributed by atoms with Crippen molar-refractivity contribution in [2.45, 2.75) is 26.3 Å². The van der Waals surface area contributed by atoms with E-state index in [1.54, 1.807) is 12.3 Å². The van der Waals surface area contributed by atoms with Crippen molar-refractivity contribution in [2.75, 3.05) is 0 Å². The summed E-state index contributed by atoms with van der Waals surface area (Å²) in [6.45, 7) is 4.31. The predicted molar refractivity (Wildman–Crippen MR) is 88.0 cm³/mol. The van der Waals surface area contributed by atoms with Crippen LogP contribution in [0.25, 0.3) is 0 Å². The van der Waals surface area contributed by atoms with E-state index >= 15 is 0 Å². The summed E-state index contributed by atoms with van der Waals surface area (Å²) in [5, 5.41) is 3.08. The summed E-state index contributed by atoms with van der Waals surface area (Å²) in [7, 11) is 0. The lowest BCUT2D eigenvalue weighted by atomic mass is 9.97. The van der Waals surface area contributed by atoms with Gasteiger partial charge >= 0.3 is 0 Å². The third kappa shape index (κ3) is 4.67.